The summed E-state index contributed by atoms with van der Waals surface area (Å²) in [6, 6.07) is 5.55. The first-order valence-electron chi connectivity index (χ1n) is 5.40. The van der Waals surface area contributed by atoms with E-state index in [9.17, 15) is 8.42 Å². The van der Waals surface area contributed by atoms with Gasteiger partial charge in [0.15, 0.2) is 0 Å². The van der Waals surface area contributed by atoms with E-state index in [4.69, 9.17) is 9.88 Å². The molecule has 0 heterocycles. The zero-order chi connectivity index (χ0) is 13.8. The summed E-state index contributed by atoms with van der Waals surface area (Å²) < 4.78 is 29.4. The number of rotatable bonds is 6. The number of halogens is 2. The largest absolute Gasteiger partial charge is 0.492 e. The molecular formula is C11H15Br2NO3S. The van der Waals surface area contributed by atoms with Crippen LogP contribution >= 0.6 is 31.9 Å². The van der Waals surface area contributed by atoms with Crippen molar-refractivity contribution in [1.82, 2.24) is 0 Å². The fourth-order valence-electron chi connectivity index (χ4n) is 1.41. The molecule has 0 aliphatic carbocycles. The van der Waals surface area contributed by atoms with Crippen molar-refractivity contribution in [2.24, 2.45) is 11.1 Å². The summed E-state index contributed by atoms with van der Waals surface area (Å²) in [5.74, 6) is 0.527. The maximum Gasteiger partial charge on any atom is 0.209 e. The van der Waals surface area contributed by atoms with Gasteiger partial charge >= 0.3 is 0 Å². The minimum atomic E-state index is -3.46. The monoisotopic (exact) mass is 399 g/mol. The molecule has 0 saturated carbocycles. The van der Waals surface area contributed by atoms with Gasteiger partial charge in [-0.1, -0.05) is 22.9 Å². The smallest absolute Gasteiger partial charge is 0.209 e. The van der Waals surface area contributed by atoms with E-state index in [1.807, 2.05) is 25.1 Å². The molecule has 1 atom stereocenters. The highest BCUT2D eigenvalue weighted by molar-refractivity contribution is 9.11. The Morgan fingerprint density at radius 1 is 1.39 bits per heavy atom. The number of nitrogens with two attached hydrogens (primary N) is 1. The maximum atomic E-state index is 11.0. The van der Waals surface area contributed by atoms with E-state index in [1.54, 1.807) is 0 Å². The van der Waals surface area contributed by atoms with Crippen molar-refractivity contribution in [1.29, 1.82) is 0 Å². The van der Waals surface area contributed by atoms with Gasteiger partial charge in [-0.3, -0.25) is 0 Å². The molecule has 0 fully saturated rings. The van der Waals surface area contributed by atoms with Crippen LogP contribution in [0, 0.1) is 5.92 Å². The molecule has 0 aliphatic rings. The van der Waals surface area contributed by atoms with Crippen LogP contribution < -0.4 is 9.88 Å². The maximum absolute atomic E-state index is 11.0. The Labute approximate surface area is 124 Å². The second kappa shape index (κ2) is 6.88. The summed E-state index contributed by atoms with van der Waals surface area (Å²) >= 11 is 6.73. The van der Waals surface area contributed by atoms with Gasteiger partial charge < -0.3 is 4.74 Å². The number of hydrogen-bond acceptors (Lipinski definition) is 3. The fourth-order valence-corrected chi connectivity index (χ4v) is 3.56. The summed E-state index contributed by atoms with van der Waals surface area (Å²) in [6.45, 7) is 2.24. The first-order chi connectivity index (χ1) is 8.31. The van der Waals surface area contributed by atoms with Crippen molar-refractivity contribution in [2.75, 3.05) is 12.4 Å². The predicted molar refractivity (Wildman–Crippen MR) is 79.1 cm³/mol. The average molecular weight is 401 g/mol. The molecule has 1 aromatic rings. The summed E-state index contributed by atoms with van der Waals surface area (Å²) in [5.41, 5.74) is 0. The van der Waals surface area contributed by atoms with Crippen LogP contribution in [0.15, 0.2) is 27.1 Å². The lowest BCUT2D eigenvalue weighted by Gasteiger charge is -2.15. The predicted octanol–water partition coefficient (Wildman–Crippen LogP) is 2.91. The molecule has 18 heavy (non-hydrogen) atoms. The quantitative estimate of drug-likeness (QED) is 0.797. The average Bonchev–Trinajstić information content (AvgIpc) is 2.24. The Bertz CT molecular complexity index is 505. The van der Waals surface area contributed by atoms with Crippen molar-refractivity contribution in [3.63, 3.8) is 0 Å². The van der Waals surface area contributed by atoms with Crippen molar-refractivity contribution in [3.8, 4) is 5.75 Å². The minimum absolute atomic E-state index is 0.0579. The van der Waals surface area contributed by atoms with Crippen molar-refractivity contribution >= 4 is 41.9 Å². The zero-order valence-electron chi connectivity index (χ0n) is 9.90. The van der Waals surface area contributed by atoms with Crippen LogP contribution in [0.4, 0.5) is 0 Å². The summed E-state index contributed by atoms with van der Waals surface area (Å²) in [4.78, 5) is 0. The van der Waals surface area contributed by atoms with E-state index in [1.165, 1.54) is 0 Å². The number of benzene rings is 1. The minimum Gasteiger partial charge on any atom is -0.492 e. The van der Waals surface area contributed by atoms with Crippen LogP contribution in [0.5, 0.6) is 5.75 Å². The lowest BCUT2D eigenvalue weighted by atomic mass is 10.1. The molecule has 0 spiro atoms. The molecule has 102 valence electrons. The molecular weight excluding hydrogens is 386 g/mol. The van der Waals surface area contributed by atoms with Gasteiger partial charge in [0.1, 0.15) is 5.75 Å². The Kier molecular flexibility index (Phi) is 6.10. The van der Waals surface area contributed by atoms with Crippen LogP contribution in [0.1, 0.15) is 13.3 Å². The van der Waals surface area contributed by atoms with E-state index in [0.29, 0.717) is 18.8 Å². The van der Waals surface area contributed by atoms with Gasteiger partial charge in [-0.15, -0.1) is 0 Å². The Balaban J connectivity index is 2.62. The van der Waals surface area contributed by atoms with Crippen molar-refractivity contribution < 1.29 is 13.2 Å². The highest BCUT2D eigenvalue weighted by atomic mass is 79.9. The number of sulfonamides is 1. The topological polar surface area (TPSA) is 69.4 Å². The first kappa shape index (κ1) is 15.9. The van der Waals surface area contributed by atoms with Crippen molar-refractivity contribution in [3.05, 3.63) is 27.1 Å². The second-order valence-corrected chi connectivity index (χ2v) is 7.42. The van der Waals surface area contributed by atoms with E-state index >= 15 is 0 Å². The van der Waals surface area contributed by atoms with Gasteiger partial charge in [0, 0.05) is 10.4 Å². The molecule has 1 rings (SSSR count). The second-order valence-electron chi connectivity index (χ2n) is 3.99. The summed E-state index contributed by atoms with van der Waals surface area (Å²) in [7, 11) is -3.46. The molecule has 1 unspecified atom stereocenters. The van der Waals surface area contributed by atoms with E-state index in [-0.39, 0.29) is 11.7 Å². The third-order valence-electron chi connectivity index (χ3n) is 2.41. The van der Waals surface area contributed by atoms with Crippen LogP contribution in [0.3, 0.4) is 0 Å². The van der Waals surface area contributed by atoms with Crippen LogP contribution in [0.25, 0.3) is 0 Å². The number of ether oxygens (including phenoxy) is 1. The van der Waals surface area contributed by atoms with Crippen LogP contribution in [-0.2, 0) is 10.0 Å². The van der Waals surface area contributed by atoms with E-state index < -0.39 is 10.0 Å². The van der Waals surface area contributed by atoms with Crippen LogP contribution in [-0.4, -0.2) is 20.8 Å². The van der Waals surface area contributed by atoms with Crippen molar-refractivity contribution in [2.45, 2.75) is 13.3 Å². The molecule has 0 radical (unpaired) electrons. The summed E-state index contributed by atoms with van der Waals surface area (Å²) in [6.07, 6.45) is 0.699. The molecule has 0 aromatic heterocycles. The molecule has 0 saturated heterocycles. The lowest BCUT2D eigenvalue weighted by molar-refractivity contribution is 0.256. The standard InChI is InChI=1S/C11H15Br2NO3S/c1-2-8(7-18(14,15)16)6-17-11-4-3-9(12)5-10(11)13/h3-5,8H,2,6-7H2,1H3,(H2,14,15,16). The third kappa shape index (κ3) is 5.69. The molecule has 1 aromatic carbocycles. The van der Waals surface area contributed by atoms with Gasteiger partial charge in [-0.2, -0.15) is 0 Å². The third-order valence-corrected chi connectivity index (χ3v) is 4.46. The summed E-state index contributed by atoms with van der Waals surface area (Å²) in [5, 5.41) is 5.03. The highest BCUT2D eigenvalue weighted by Crippen LogP contribution is 2.28. The van der Waals surface area contributed by atoms with Crippen LogP contribution in [0.2, 0.25) is 0 Å². The van der Waals surface area contributed by atoms with E-state index in [2.05, 4.69) is 31.9 Å². The molecule has 0 amide bonds. The fraction of sp³-hybridized carbons (Fsp3) is 0.455. The number of hydrogen-bond donors (Lipinski definition) is 1. The molecule has 4 nitrogen and oxygen atoms in total. The zero-order valence-corrected chi connectivity index (χ0v) is 13.9. The lowest BCUT2D eigenvalue weighted by Crippen LogP contribution is -2.26. The SMILES string of the molecule is CCC(COc1ccc(Br)cc1Br)CS(N)(=O)=O. The first-order valence-corrected chi connectivity index (χ1v) is 8.70. The Morgan fingerprint density at radius 3 is 2.56 bits per heavy atom. The molecule has 0 bridgehead atoms. The Morgan fingerprint density at radius 2 is 2.06 bits per heavy atom. The Hall–Kier alpha value is -0.110. The normalized spacial score (nSPS) is 13.3. The van der Waals surface area contributed by atoms with Gasteiger partial charge in [0.25, 0.3) is 0 Å². The molecule has 7 heteroatoms. The van der Waals surface area contributed by atoms with Gasteiger partial charge in [-0.25, -0.2) is 13.6 Å². The van der Waals surface area contributed by atoms with Gasteiger partial charge in [-0.05, 0) is 40.5 Å². The number of primary sulfonamides is 1. The van der Waals surface area contributed by atoms with E-state index in [0.717, 1.165) is 8.95 Å². The van der Waals surface area contributed by atoms with Gasteiger partial charge in [0.05, 0.1) is 16.8 Å². The molecule has 0 aliphatic heterocycles. The molecule has 2 N–H and O–H groups in total. The van der Waals surface area contributed by atoms with Gasteiger partial charge in [0.2, 0.25) is 10.0 Å². The highest BCUT2D eigenvalue weighted by Gasteiger charge is 2.15.